The maximum absolute atomic E-state index is 12.1. The molecule has 3 rings (SSSR count). The molecule has 5 nitrogen and oxygen atoms in total. The number of likely N-dealkylation sites (N-methyl/N-ethyl adjacent to an activating group) is 1. The van der Waals surface area contributed by atoms with Crippen LogP contribution < -0.4 is 10.6 Å². The van der Waals surface area contributed by atoms with Crippen LogP contribution in [0.3, 0.4) is 0 Å². The average molecular weight is 284 g/mol. The first kappa shape index (κ1) is 13.8. The molecule has 2 aromatic rings. The van der Waals surface area contributed by atoms with Crippen LogP contribution in [0.5, 0.6) is 0 Å². The van der Waals surface area contributed by atoms with Gasteiger partial charge in [-0.1, -0.05) is 30.3 Å². The van der Waals surface area contributed by atoms with Crippen molar-refractivity contribution in [3.05, 3.63) is 41.7 Å². The number of rotatable bonds is 3. The third-order valence-corrected chi connectivity index (χ3v) is 3.97. The van der Waals surface area contributed by atoms with Gasteiger partial charge in [-0.25, -0.2) is 4.98 Å². The molecule has 1 amide bonds. The lowest BCUT2D eigenvalue weighted by Gasteiger charge is -2.20. The van der Waals surface area contributed by atoms with Crippen LogP contribution in [0.4, 0.5) is 0 Å². The number of nitrogens with zero attached hydrogens (tertiary/aromatic N) is 2. The van der Waals surface area contributed by atoms with E-state index in [1.807, 2.05) is 37.3 Å². The molecule has 0 fully saturated rings. The van der Waals surface area contributed by atoms with E-state index in [1.165, 1.54) is 5.69 Å². The fourth-order valence-electron chi connectivity index (χ4n) is 2.87. The molecule has 0 radical (unpaired) electrons. The van der Waals surface area contributed by atoms with Gasteiger partial charge in [-0.3, -0.25) is 4.79 Å². The van der Waals surface area contributed by atoms with Gasteiger partial charge in [0.05, 0.1) is 5.69 Å². The van der Waals surface area contributed by atoms with E-state index in [1.54, 1.807) is 7.05 Å². The molecule has 110 valence electrons. The predicted molar refractivity (Wildman–Crippen MR) is 81.9 cm³/mol. The number of hydrogen-bond donors (Lipinski definition) is 2. The van der Waals surface area contributed by atoms with Gasteiger partial charge in [0.1, 0.15) is 11.9 Å². The van der Waals surface area contributed by atoms with E-state index in [4.69, 9.17) is 4.98 Å². The van der Waals surface area contributed by atoms with E-state index < -0.39 is 0 Å². The number of nitrogens with one attached hydrogen (secondary N) is 2. The van der Waals surface area contributed by atoms with Gasteiger partial charge in [-0.15, -0.1) is 0 Å². The summed E-state index contributed by atoms with van der Waals surface area (Å²) in [6.45, 7) is 3.62. The summed E-state index contributed by atoms with van der Waals surface area (Å²) in [5, 5.41) is 6.07. The average Bonchev–Trinajstić information content (AvgIpc) is 2.93. The van der Waals surface area contributed by atoms with Crippen LogP contribution >= 0.6 is 0 Å². The molecule has 1 aliphatic heterocycles. The largest absolute Gasteiger partial charge is 0.357 e. The highest BCUT2D eigenvalue weighted by Crippen LogP contribution is 2.28. The Balaban J connectivity index is 2.15. The molecule has 5 heteroatoms. The summed E-state index contributed by atoms with van der Waals surface area (Å²) in [5.41, 5.74) is 3.27. The van der Waals surface area contributed by atoms with Crippen molar-refractivity contribution in [2.24, 2.45) is 0 Å². The maximum atomic E-state index is 12.1. The van der Waals surface area contributed by atoms with Gasteiger partial charge in [0, 0.05) is 37.8 Å². The number of amides is 1. The first-order valence-corrected chi connectivity index (χ1v) is 7.30. The third-order valence-electron chi connectivity index (χ3n) is 3.97. The van der Waals surface area contributed by atoms with Crippen LogP contribution in [0.15, 0.2) is 30.3 Å². The van der Waals surface area contributed by atoms with Crippen LogP contribution in [0.1, 0.15) is 24.4 Å². The van der Waals surface area contributed by atoms with Crippen molar-refractivity contribution in [1.82, 2.24) is 20.2 Å². The predicted octanol–water partition coefficient (Wildman–Crippen LogP) is 1.50. The molecule has 21 heavy (non-hydrogen) atoms. The Morgan fingerprint density at radius 3 is 2.86 bits per heavy atom. The molecule has 1 atom stereocenters. The topological polar surface area (TPSA) is 59.0 Å². The van der Waals surface area contributed by atoms with Gasteiger partial charge in [0.15, 0.2) is 0 Å². The Morgan fingerprint density at radius 1 is 1.38 bits per heavy atom. The van der Waals surface area contributed by atoms with Crippen molar-refractivity contribution in [1.29, 1.82) is 0 Å². The van der Waals surface area contributed by atoms with E-state index in [0.717, 1.165) is 36.6 Å². The number of carbonyl (C=O) groups is 1. The first-order chi connectivity index (χ1) is 10.2. The highest BCUT2D eigenvalue weighted by atomic mass is 16.2. The Bertz CT molecular complexity index is 648. The van der Waals surface area contributed by atoms with Gasteiger partial charge < -0.3 is 15.2 Å². The van der Waals surface area contributed by atoms with E-state index in [-0.39, 0.29) is 11.9 Å². The number of hydrogen-bond acceptors (Lipinski definition) is 3. The van der Waals surface area contributed by atoms with Crippen molar-refractivity contribution in [3.63, 3.8) is 0 Å². The first-order valence-electron chi connectivity index (χ1n) is 7.30. The molecule has 0 spiro atoms. The molecule has 1 aromatic heterocycles. The smallest absolute Gasteiger partial charge is 0.242 e. The van der Waals surface area contributed by atoms with Crippen molar-refractivity contribution in [3.8, 4) is 11.4 Å². The second-order valence-corrected chi connectivity index (χ2v) is 5.28. The molecular formula is C16H20N4O. The minimum Gasteiger partial charge on any atom is -0.357 e. The van der Waals surface area contributed by atoms with Crippen LogP contribution in [-0.4, -0.2) is 29.1 Å². The molecule has 1 aromatic carbocycles. The van der Waals surface area contributed by atoms with Crippen LogP contribution in [0.25, 0.3) is 11.4 Å². The quantitative estimate of drug-likeness (QED) is 0.898. The molecule has 0 bridgehead atoms. The lowest BCUT2D eigenvalue weighted by molar-refractivity contribution is -0.123. The highest BCUT2D eigenvalue weighted by molar-refractivity contribution is 5.80. The SMILES string of the molecule is CNC(=O)C(C)n1c(-c2ccccc2)nc2c1CCNC2. The summed E-state index contributed by atoms with van der Waals surface area (Å²) in [4.78, 5) is 16.9. The summed E-state index contributed by atoms with van der Waals surface area (Å²) in [6.07, 6.45) is 0.899. The molecule has 0 saturated carbocycles. The summed E-state index contributed by atoms with van der Waals surface area (Å²) < 4.78 is 2.09. The molecule has 0 aliphatic carbocycles. The zero-order valence-electron chi connectivity index (χ0n) is 12.4. The number of aromatic nitrogens is 2. The van der Waals surface area contributed by atoms with E-state index in [2.05, 4.69) is 15.2 Å². The Kier molecular flexibility index (Phi) is 3.75. The standard InChI is InChI=1S/C16H20N4O/c1-11(16(21)17-2)20-14-8-9-18-10-13(14)19-15(20)12-6-4-3-5-7-12/h3-7,11,18H,8-10H2,1-2H3,(H,17,21). The van der Waals surface area contributed by atoms with Crippen molar-refractivity contribution >= 4 is 5.91 Å². The zero-order valence-corrected chi connectivity index (χ0v) is 12.4. The van der Waals surface area contributed by atoms with Crippen molar-refractivity contribution < 1.29 is 4.79 Å². The molecule has 2 heterocycles. The van der Waals surface area contributed by atoms with Gasteiger partial charge in [-0.05, 0) is 6.92 Å². The molecule has 2 N–H and O–H groups in total. The van der Waals surface area contributed by atoms with Gasteiger partial charge >= 0.3 is 0 Å². The van der Waals surface area contributed by atoms with E-state index in [0.29, 0.717) is 0 Å². The fourth-order valence-corrected chi connectivity index (χ4v) is 2.87. The molecule has 0 saturated heterocycles. The lowest BCUT2D eigenvalue weighted by Crippen LogP contribution is -2.31. The zero-order chi connectivity index (χ0) is 14.8. The minimum absolute atomic E-state index is 0.00548. The summed E-state index contributed by atoms with van der Waals surface area (Å²) in [6, 6.07) is 9.79. The van der Waals surface area contributed by atoms with Crippen molar-refractivity contribution in [2.75, 3.05) is 13.6 Å². The molecule has 1 aliphatic rings. The summed E-state index contributed by atoms with van der Waals surface area (Å²) >= 11 is 0. The lowest BCUT2D eigenvalue weighted by atomic mass is 10.1. The monoisotopic (exact) mass is 284 g/mol. The highest BCUT2D eigenvalue weighted by Gasteiger charge is 2.26. The molecular weight excluding hydrogens is 264 g/mol. The fraction of sp³-hybridized carbons (Fsp3) is 0.375. The Labute approximate surface area is 124 Å². The number of carbonyl (C=O) groups excluding carboxylic acids is 1. The van der Waals surface area contributed by atoms with Crippen molar-refractivity contribution in [2.45, 2.75) is 25.9 Å². The number of fused-ring (bicyclic) bond motifs is 1. The minimum atomic E-state index is -0.264. The van der Waals surface area contributed by atoms with E-state index in [9.17, 15) is 4.79 Å². The number of benzene rings is 1. The summed E-state index contributed by atoms with van der Waals surface area (Å²) in [5.74, 6) is 0.881. The van der Waals surface area contributed by atoms with Crippen LogP contribution in [0.2, 0.25) is 0 Å². The van der Waals surface area contributed by atoms with Gasteiger partial charge in [-0.2, -0.15) is 0 Å². The maximum Gasteiger partial charge on any atom is 0.242 e. The second-order valence-electron chi connectivity index (χ2n) is 5.28. The Hall–Kier alpha value is -2.14. The van der Waals surface area contributed by atoms with Crippen LogP contribution in [-0.2, 0) is 17.8 Å². The van der Waals surface area contributed by atoms with Gasteiger partial charge in [0.2, 0.25) is 5.91 Å². The molecule has 1 unspecified atom stereocenters. The van der Waals surface area contributed by atoms with Crippen LogP contribution in [0, 0.1) is 0 Å². The third kappa shape index (κ3) is 2.45. The number of imidazole rings is 1. The van der Waals surface area contributed by atoms with Gasteiger partial charge in [0.25, 0.3) is 0 Å². The summed E-state index contributed by atoms with van der Waals surface area (Å²) in [7, 11) is 1.67. The Morgan fingerprint density at radius 2 is 2.14 bits per heavy atom. The normalized spacial score (nSPS) is 15.3. The van der Waals surface area contributed by atoms with E-state index >= 15 is 0 Å². The second kappa shape index (κ2) is 5.69.